The van der Waals surface area contributed by atoms with Crippen LogP contribution in [0.5, 0.6) is 0 Å². The van der Waals surface area contributed by atoms with E-state index in [-0.39, 0.29) is 30.9 Å². The van der Waals surface area contributed by atoms with Crippen LogP contribution in [0.3, 0.4) is 0 Å². The van der Waals surface area contributed by atoms with Crippen molar-refractivity contribution in [1.82, 2.24) is 9.80 Å². The monoisotopic (exact) mass is 447 g/mol. The Morgan fingerprint density at radius 2 is 1.58 bits per heavy atom. The number of hydrogen-bond donors (Lipinski definition) is 1. The summed E-state index contributed by atoms with van der Waals surface area (Å²) < 4.78 is 5.09. The van der Waals surface area contributed by atoms with Gasteiger partial charge in [-0.25, -0.2) is 0 Å². The smallest absolute Gasteiger partial charge is 0.253 e. The van der Waals surface area contributed by atoms with Gasteiger partial charge in [0.25, 0.3) is 5.91 Å². The normalized spacial score (nSPS) is 19.7. The van der Waals surface area contributed by atoms with E-state index in [2.05, 4.69) is 6.07 Å². The summed E-state index contributed by atoms with van der Waals surface area (Å²) in [4.78, 5) is 41.2. The molecule has 7 nitrogen and oxygen atoms in total. The van der Waals surface area contributed by atoms with E-state index < -0.39 is 5.54 Å². The third kappa shape index (κ3) is 4.56. The van der Waals surface area contributed by atoms with Crippen molar-refractivity contribution >= 4 is 17.6 Å². The van der Waals surface area contributed by atoms with Crippen molar-refractivity contribution < 1.29 is 19.1 Å². The van der Waals surface area contributed by atoms with Crippen LogP contribution in [0.4, 0.5) is 0 Å². The summed E-state index contributed by atoms with van der Waals surface area (Å²) in [5, 5.41) is 0. The largest absolute Gasteiger partial charge is 0.376 e. The maximum Gasteiger partial charge on any atom is 0.253 e. The van der Waals surface area contributed by atoms with Crippen molar-refractivity contribution in [2.75, 3.05) is 39.4 Å². The number of ether oxygens (including phenoxy) is 1. The third-order valence-corrected chi connectivity index (χ3v) is 6.80. The van der Waals surface area contributed by atoms with E-state index in [0.717, 1.165) is 29.5 Å². The van der Waals surface area contributed by atoms with E-state index in [4.69, 9.17) is 10.5 Å². The lowest BCUT2D eigenvalue weighted by molar-refractivity contribution is -0.155. The molecule has 2 aromatic carbocycles. The van der Waals surface area contributed by atoms with Gasteiger partial charge in [0, 0.05) is 44.1 Å². The summed E-state index contributed by atoms with van der Waals surface area (Å²) in [5.41, 5.74) is 8.87. The van der Waals surface area contributed by atoms with Crippen molar-refractivity contribution in [2.45, 2.75) is 24.8 Å². The Balaban J connectivity index is 1.20. The number of piperazine rings is 1. The van der Waals surface area contributed by atoms with Crippen LogP contribution < -0.4 is 5.73 Å². The summed E-state index contributed by atoms with van der Waals surface area (Å²) in [7, 11) is 0. The standard InChI is InChI=1S/C26H29N3O4/c27-26(16-33-17-26)25(32)29-12-10-28(11-13-29)24(31)21-8-4-19(5-9-21)22-3-1-2-18(14-22)15-23(30)20-6-7-20/h1-5,8-9,14,20H,6-7,10-13,15-17,27H2. The molecule has 1 aliphatic carbocycles. The zero-order valence-corrected chi connectivity index (χ0v) is 18.7. The molecule has 2 aliphatic heterocycles. The molecule has 2 amide bonds. The van der Waals surface area contributed by atoms with Crippen LogP contribution in [0.2, 0.25) is 0 Å². The zero-order valence-electron chi connectivity index (χ0n) is 18.7. The molecule has 2 heterocycles. The van der Waals surface area contributed by atoms with Crippen LogP contribution in [0, 0.1) is 5.92 Å². The number of benzene rings is 2. The van der Waals surface area contributed by atoms with Crippen LogP contribution in [-0.2, 0) is 20.7 Å². The molecule has 1 saturated carbocycles. The molecule has 7 heteroatoms. The fourth-order valence-corrected chi connectivity index (χ4v) is 4.47. The zero-order chi connectivity index (χ0) is 23.0. The molecule has 0 unspecified atom stereocenters. The lowest BCUT2D eigenvalue weighted by Gasteiger charge is -2.43. The summed E-state index contributed by atoms with van der Waals surface area (Å²) in [5.74, 6) is 0.471. The number of ketones is 1. The second kappa shape index (κ2) is 8.72. The fraction of sp³-hybridized carbons (Fsp3) is 0.423. The lowest BCUT2D eigenvalue weighted by atomic mass is 9.96. The first kappa shape index (κ1) is 21.8. The number of nitrogens with zero attached hydrogens (tertiary/aromatic N) is 2. The van der Waals surface area contributed by atoms with Gasteiger partial charge in [0.05, 0.1) is 13.2 Å². The van der Waals surface area contributed by atoms with Crippen LogP contribution in [0.25, 0.3) is 11.1 Å². The van der Waals surface area contributed by atoms with E-state index in [1.807, 2.05) is 42.5 Å². The van der Waals surface area contributed by atoms with Crippen molar-refractivity contribution in [3.63, 3.8) is 0 Å². The number of hydrogen-bond acceptors (Lipinski definition) is 5. The van der Waals surface area contributed by atoms with Gasteiger partial charge in [0.2, 0.25) is 5.91 Å². The SMILES string of the molecule is NC1(C(=O)N2CCN(C(=O)c3ccc(-c4cccc(CC(=O)C5CC5)c4)cc3)CC2)COC1. The highest BCUT2D eigenvalue weighted by Crippen LogP contribution is 2.31. The first-order valence-electron chi connectivity index (χ1n) is 11.6. The molecule has 0 bridgehead atoms. The van der Waals surface area contributed by atoms with E-state index in [1.165, 1.54) is 0 Å². The minimum Gasteiger partial charge on any atom is -0.376 e. The second-order valence-corrected chi connectivity index (χ2v) is 9.43. The lowest BCUT2D eigenvalue weighted by Crippen LogP contribution is -2.68. The van der Waals surface area contributed by atoms with Gasteiger partial charge >= 0.3 is 0 Å². The Hall–Kier alpha value is -3.03. The Morgan fingerprint density at radius 1 is 0.909 bits per heavy atom. The Morgan fingerprint density at radius 3 is 2.18 bits per heavy atom. The van der Waals surface area contributed by atoms with Crippen molar-refractivity contribution in [1.29, 1.82) is 0 Å². The summed E-state index contributed by atoms with van der Waals surface area (Å²) in [6.07, 6.45) is 2.55. The van der Waals surface area contributed by atoms with Gasteiger partial charge in [-0.3, -0.25) is 14.4 Å². The molecule has 3 aliphatic rings. The summed E-state index contributed by atoms with van der Waals surface area (Å²) >= 11 is 0. The molecule has 172 valence electrons. The number of amides is 2. The first-order chi connectivity index (χ1) is 15.9. The average Bonchev–Trinajstić information content (AvgIpc) is 3.68. The Kier molecular flexibility index (Phi) is 5.76. The molecule has 3 fully saturated rings. The van der Waals surface area contributed by atoms with E-state index in [0.29, 0.717) is 43.9 Å². The maximum atomic E-state index is 13.0. The van der Waals surface area contributed by atoms with Gasteiger partial charge < -0.3 is 20.3 Å². The first-order valence-corrected chi connectivity index (χ1v) is 11.6. The van der Waals surface area contributed by atoms with Crippen LogP contribution >= 0.6 is 0 Å². The van der Waals surface area contributed by atoms with E-state index in [1.54, 1.807) is 9.80 Å². The van der Waals surface area contributed by atoms with E-state index in [9.17, 15) is 14.4 Å². The molecular formula is C26H29N3O4. The van der Waals surface area contributed by atoms with Crippen LogP contribution in [-0.4, -0.2) is 72.3 Å². The van der Waals surface area contributed by atoms with Crippen molar-refractivity contribution in [2.24, 2.45) is 11.7 Å². The van der Waals surface area contributed by atoms with Gasteiger partial charge in [0.15, 0.2) is 0 Å². The number of rotatable bonds is 6. The highest BCUT2D eigenvalue weighted by atomic mass is 16.5. The predicted molar refractivity (Wildman–Crippen MR) is 124 cm³/mol. The molecule has 33 heavy (non-hydrogen) atoms. The number of carbonyl (C=O) groups is 3. The molecule has 0 atom stereocenters. The number of carbonyl (C=O) groups excluding carboxylic acids is 3. The molecule has 2 saturated heterocycles. The topological polar surface area (TPSA) is 92.9 Å². The number of Topliss-reactive ketones (excluding diaryl/α,β-unsaturated/α-hetero) is 1. The molecule has 2 N–H and O–H groups in total. The molecule has 0 aromatic heterocycles. The fourth-order valence-electron chi connectivity index (χ4n) is 4.47. The van der Waals surface area contributed by atoms with Gasteiger partial charge in [-0.2, -0.15) is 0 Å². The van der Waals surface area contributed by atoms with Gasteiger partial charge in [-0.05, 0) is 41.7 Å². The Bertz CT molecular complexity index is 1070. The molecule has 0 spiro atoms. The second-order valence-electron chi connectivity index (χ2n) is 9.43. The minimum absolute atomic E-state index is 0.0353. The quantitative estimate of drug-likeness (QED) is 0.730. The third-order valence-electron chi connectivity index (χ3n) is 6.80. The molecule has 5 rings (SSSR count). The number of nitrogens with two attached hydrogens (primary N) is 1. The highest BCUT2D eigenvalue weighted by molar-refractivity contribution is 5.95. The highest BCUT2D eigenvalue weighted by Gasteiger charge is 2.45. The van der Waals surface area contributed by atoms with Gasteiger partial charge in [0.1, 0.15) is 11.3 Å². The van der Waals surface area contributed by atoms with E-state index >= 15 is 0 Å². The van der Waals surface area contributed by atoms with Gasteiger partial charge in [-0.15, -0.1) is 0 Å². The summed E-state index contributed by atoms with van der Waals surface area (Å²) in [6, 6.07) is 15.6. The van der Waals surface area contributed by atoms with Crippen LogP contribution in [0.1, 0.15) is 28.8 Å². The Labute approximate surface area is 193 Å². The molecule has 0 radical (unpaired) electrons. The molecular weight excluding hydrogens is 418 g/mol. The van der Waals surface area contributed by atoms with Gasteiger partial charge in [-0.1, -0.05) is 36.4 Å². The van der Waals surface area contributed by atoms with Crippen molar-refractivity contribution in [3.8, 4) is 11.1 Å². The maximum absolute atomic E-state index is 13.0. The summed E-state index contributed by atoms with van der Waals surface area (Å²) in [6.45, 7) is 2.46. The molecule has 2 aromatic rings. The van der Waals surface area contributed by atoms with Crippen LogP contribution in [0.15, 0.2) is 48.5 Å². The minimum atomic E-state index is -0.898. The predicted octanol–water partition coefficient (Wildman–Crippen LogP) is 1.89. The van der Waals surface area contributed by atoms with Crippen molar-refractivity contribution in [3.05, 3.63) is 59.7 Å². The average molecular weight is 448 g/mol.